The molecule has 0 radical (unpaired) electrons. The molecule has 0 saturated carbocycles. The van der Waals surface area contributed by atoms with Crippen molar-refractivity contribution in [1.29, 1.82) is 0 Å². The second-order valence-corrected chi connectivity index (χ2v) is 4.21. The maximum atomic E-state index is 11.5. The molecule has 4 nitrogen and oxygen atoms in total. The summed E-state index contributed by atoms with van der Waals surface area (Å²) in [6, 6.07) is 9.15. The van der Waals surface area contributed by atoms with Gasteiger partial charge in [0.1, 0.15) is 6.04 Å². The normalized spacial score (nSPS) is 11.8. The van der Waals surface area contributed by atoms with E-state index in [1.165, 1.54) is 5.56 Å². The van der Waals surface area contributed by atoms with E-state index < -0.39 is 12.0 Å². The van der Waals surface area contributed by atoms with Crippen LogP contribution in [0.15, 0.2) is 30.3 Å². The van der Waals surface area contributed by atoms with Crippen molar-refractivity contribution in [2.24, 2.45) is 0 Å². The molecule has 0 fully saturated rings. The molecule has 18 heavy (non-hydrogen) atoms. The van der Waals surface area contributed by atoms with Crippen LogP contribution in [0.5, 0.6) is 0 Å². The van der Waals surface area contributed by atoms with Gasteiger partial charge < -0.3 is 10.4 Å². The van der Waals surface area contributed by atoms with Crippen molar-refractivity contribution in [2.75, 3.05) is 0 Å². The summed E-state index contributed by atoms with van der Waals surface area (Å²) in [5, 5.41) is 11.3. The highest BCUT2D eigenvalue weighted by atomic mass is 16.4. The summed E-state index contributed by atoms with van der Waals surface area (Å²) in [5.74, 6) is -1.17. The van der Waals surface area contributed by atoms with Crippen LogP contribution in [0, 0.1) is 0 Å². The van der Waals surface area contributed by atoms with E-state index in [1.807, 2.05) is 30.3 Å². The van der Waals surface area contributed by atoms with E-state index in [0.29, 0.717) is 12.8 Å². The summed E-state index contributed by atoms with van der Waals surface area (Å²) in [7, 11) is 0. The lowest BCUT2D eigenvalue weighted by Gasteiger charge is -2.11. The van der Waals surface area contributed by atoms with Gasteiger partial charge in [0.2, 0.25) is 5.91 Å². The lowest BCUT2D eigenvalue weighted by atomic mass is 10.1. The Kier molecular flexibility index (Phi) is 5.91. The van der Waals surface area contributed by atoms with E-state index in [1.54, 1.807) is 6.92 Å². The number of nitrogens with one attached hydrogen (secondary N) is 1. The first-order valence-corrected chi connectivity index (χ1v) is 6.19. The summed E-state index contributed by atoms with van der Waals surface area (Å²) in [6.45, 7) is 1.74. The van der Waals surface area contributed by atoms with Crippen LogP contribution in [-0.2, 0) is 16.0 Å². The fourth-order valence-electron chi connectivity index (χ4n) is 1.70. The number of carbonyl (C=O) groups is 2. The molecular formula is C14H19NO3. The number of hydrogen-bond acceptors (Lipinski definition) is 2. The molecule has 2 N–H and O–H groups in total. The van der Waals surface area contributed by atoms with Crippen molar-refractivity contribution in [3.63, 3.8) is 0 Å². The fraction of sp³-hybridized carbons (Fsp3) is 0.429. The molecule has 1 atom stereocenters. The molecule has 0 unspecified atom stereocenters. The molecule has 1 aromatic carbocycles. The number of rotatable bonds is 7. The Morgan fingerprint density at radius 2 is 1.94 bits per heavy atom. The Bertz CT molecular complexity index is 389. The van der Waals surface area contributed by atoms with Gasteiger partial charge in [-0.2, -0.15) is 0 Å². The lowest BCUT2D eigenvalue weighted by molar-refractivity contribution is -0.141. The molecule has 0 saturated heterocycles. The first-order valence-electron chi connectivity index (χ1n) is 6.19. The van der Waals surface area contributed by atoms with E-state index in [0.717, 1.165) is 12.8 Å². The third kappa shape index (κ3) is 4.99. The van der Waals surface area contributed by atoms with Gasteiger partial charge in [-0.1, -0.05) is 37.3 Å². The maximum absolute atomic E-state index is 11.5. The molecule has 98 valence electrons. The van der Waals surface area contributed by atoms with Gasteiger partial charge in [-0.15, -0.1) is 0 Å². The molecule has 0 aliphatic heterocycles. The quantitative estimate of drug-likeness (QED) is 0.776. The Morgan fingerprint density at radius 3 is 2.50 bits per heavy atom. The first-order chi connectivity index (χ1) is 8.63. The summed E-state index contributed by atoms with van der Waals surface area (Å²) >= 11 is 0. The first kappa shape index (κ1) is 14.2. The SMILES string of the molecule is CC[C@H](NC(=O)CCCc1ccccc1)C(=O)O. The van der Waals surface area contributed by atoms with Gasteiger partial charge >= 0.3 is 5.97 Å². The van der Waals surface area contributed by atoms with Crippen LogP contribution in [-0.4, -0.2) is 23.0 Å². The monoisotopic (exact) mass is 249 g/mol. The molecule has 0 aliphatic carbocycles. The van der Waals surface area contributed by atoms with E-state index >= 15 is 0 Å². The Balaban J connectivity index is 2.27. The van der Waals surface area contributed by atoms with Crippen LogP contribution in [0.1, 0.15) is 31.7 Å². The zero-order chi connectivity index (χ0) is 13.4. The maximum Gasteiger partial charge on any atom is 0.326 e. The van der Waals surface area contributed by atoms with Crippen LogP contribution >= 0.6 is 0 Å². The zero-order valence-electron chi connectivity index (χ0n) is 10.6. The van der Waals surface area contributed by atoms with Gasteiger partial charge in [0, 0.05) is 6.42 Å². The van der Waals surface area contributed by atoms with E-state index in [2.05, 4.69) is 5.32 Å². The standard InChI is InChI=1S/C14H19NO3/c1-2-12(14(17)18)15-13(16)10-6-9-11-7-4-3-5-8-11/h3-5,7-8,12H,2,6,9-10H2,1H3,(H,15,16)(H,17,18)/t12-/m0/s1. The number of amides is 1. The molecule has 0 aromatic heterocycles. The van der Waals surface area contributed by atoms with E-state index in [-0.39, 0.29) is 5.91 Å². The minimum absolute atomic E-state index is 0.194. The number of carbonyl (C=O) groups excluding carboxylic acids is 1. The van der Waals surface area contributed by atoms with Crippen LogP contribution in [0.25, 0.3) is 0 Å². The fourth-order valence-corrected chi connectivity index (χ4v) is 1.70. The summed E-state index contributed by atoms with van der Waals surface area (Å²) < 4.78 is 0. The molecule has 1 rings (SSSR count). The highest BCUT2D eigenvalue weighted by Gasteiger charge is 2.16. The Morgan fingerprint density at radius 1 is 1.28 bits per heavy atom. The molecule has 4 heteroatoms. The number of carboxylic acids is 1. The minimum Gasteiger partial charge on any atom is -0.480 e. The third-order valence-electron chi connectivity index (χ3n) is 2.75. The van der Waals surface area contributed by atoms with Gasteiger partial charge in [0.05, 0.1) is 0 Å². The van der Waals surface area contributed by atoms with Gasteiger partial charge in [-0.05, 0) is 24.8 Å². The van der Waals surface area contributed by atoms with Crippen molar-refractivity contribution in [3.05, 3.63) is 35.9 Å². The predicted molar refractivity (Wildman–Crippen MR) is 69.2 cm³/mol. The molecule has 0 bridgehead atoms. The Labute approximate surface area is 107 Å². The van der Waals surface area contributed by atoms with Crippen molar-refractivity contribution in [2.45, 2.75) is 38.6 Å². The molecular weight excluding hydrogens is 230 g/mol. The van der Waals surface area contributed by atoms with Crippen LogP contribution in [0.3, 0.4) is 0 Å². The lowest BCUT2D eigenvalue weighted by Crippen LogP contribution is -2.40. The van der Waals surface area contributed by atoms with Gasteiger partial charge in [-0.25, -0.2) is 4.79 Å². The largest absolute Gasteiger partial charge is 0.480 e. The van der Waals surface area contributed by atoms with Gasteiger partial charge in [0.25, 0.3) is 0 Å². The molecule has 0 heterocycles. The topological polar surface area (TPSA) is 66.4 Å². The minimum atomic E-state index is -0.978. The smallest absolute Gasteiger partial charge is 0.326 e. The predicted octanol–water partition coefficient (Wildman–Crippen LogP) is 1.99. The molecule has 1 aromatic rings. The van der Waals surface area contributed by atoms with Crippen LogP contribution < -0.4 is 5.32 Å². The average Bonchev–Trinajstić information content (AvgIpc) is 2.37. The average molecular weight is 249 g/mol. The van der Waals surface area contributed by atoms with Crippen molar-refractivity contribution < 1.29 is 14.7 Å². The summed E-state index contributed by atoms with van der Waals surface area (Å²) in [6.07, 6.45) is 2.32. The summed E-state index contributed by atoms with van der Waals surface area (Å²) in [5.41, 5.74) is 1.19. The number of carboxylic acid groups (broad SMARTS) is 1. The molecule has 1 amide bonds. The second kappa shape index (κ2) is 7.48. The van der Waals surface area contributed by atoms with Crippen LogP contribution in [0.2, 0.25) is 0 Å². The van der Waals surface area contributed by atoms with Crippen molar-refractivity contribution in [3.8, 4) is 0 Å². The number of hydrogen-bond donors (Lipinski definition) is 2. The third-order valence-corrected chi connectivity index (χ3v) is 2.75. The van der Waals surface area contributed by atoms with Gasteiger partial charge in [0.15, 0.2) is 0 Å². The second-order valence-electron chi connectivity index (χ2n) is 4.21. The Hall–Kier alpha value is -1.84. The molecule has 0 spiro atoms. The van der Waals surface area contributed by atoms with E-state index in [9.17, 15) is 9.59 Å². The summed E-state index contributed by atoms with van der Waals surface area (Å²) in [4.78, 5) is 22.3. The van der Waals surface area contributed by atoms with E-state index in [4.69, 9.17) is 5.11 Å². The number of benzene rings is 1. The highest BCUT2D eigenvalue weighted by molar-refractivity contribution is 5.83. The van der Waals surface area contributed by atoms with Gasteiger partial charge in [-0.3, -0.25) is 4.79 Å². The van der Waals surface area contributed by atoms with Crippen LogP contribution in [0.4, 0.5) is 0 Å². The van der Waals surface area contributed by atoms with Crippen molar-refractivity contribution in [1.82, 2.24) is 5.32 Å². The highest BCUT2D eigenvalue weighted by Crippen LogP contribution is 2.04. The number of aryl methyl sites for hydroxylation is 1. The molecule has 0 aliphatic rings. The van der Waals surface area contributed by atoms with Crippen molar-refractivity contribution >= 4 is 11.9 Å². The zero-order valence-corrected chi connectivity index (χ0v) is 10.6. The number of aliphatic carboxylic acids is 1.